The van der Waals surface area contributed by atoms with Crippen LogP contribution in [0.1, 0.15) is 10.4 Å². The number of carboxylic acids is 1. The van der Waals surface area contributed by atoms with Crippen LogP contribution >= 0.6 is 0 Å². The van der Waals surface area contributed by atoms with Crippen LogP contribution in [0.4, 0.5) is 27.6 Å². The summed E-state index contributed by atoms with van der Waals surface area (Å²) in [5.74, 6) is -4.30. The molecule has 0 aliphatic rings. The summed E-state index contributed by atoms with van der Waals surface area (Å²) in [7, 11) is 0.857. The molecule has 3 nitrogen and oxygen atoms in total. The molecule has 1 aromatic rings. The van der Waals surface area contributed by atoms with Crippen molar-refractivity contribution in [3.05, 3.63) is 29.3 Å². The molecular formula is C10H8F5NO2. The van der Waals surface area contributed by atoms with Gasteiger partial charge in [0.25, 0.3) is 0 Å². The van der Waals surface area contributed by atoms with Gasteiger partial charge >= 0.3 is 12.1 Å². The minimum Gasteiger partial charge on any atom is -0.478 e. The van der Waals surface area contributed by atoms with E-state index < -0.39 is 41.6 Å². The van der Waals surface area contributed by atoms with Crippen molar-refractivity contribution >= 4 is 11.7 Å². The van der Waals surface area contributed by atoms with E-state index in [9.17, 15) is 26.7 Å². The zero-order chi connectivity index (χ0) is 14.1. The lowest BCUT2D eigenvalue weighted by Crippen LogP contribution is -2.32. The average Bonchev–Trinajstić information content (AvgIpc) is 2.12. The van der Waals surface area contributed by atoms with Gasteiger partial charge in [-0.05, 0) is 12.1 Å². The number of aromatic carboxylic acids is 1. The molecule has 1 rings (SSSR count). The van der Waals surface area contributed by atoms with Crippen molar-refractivity contribution in [3.8, 4) is 0 Å². The van der Waals surface area contributed by atoms with Crippen LogP contribution in [-0.4, -0.2) is 30.8 Å². The lowest BCUT2D eigenvalue weighted by Gasteiger charge is -2.22. The molecular weight excluding hydrogens is 261 g/mol. The molecule has 0 aliphatic carbocycles. The van der Waals surface area contributed by atoms with E-state index in [1.54, 1.807) is 0 Å². The summed E-state index contributed by atoms with van der Waals surface area (Å²) in [4.78, 5) is 10.8. The topological polar surface area (TPSA) is 40.5 Å². The molecule has 0 atom stereocenters. The number of hydrogen-bond donors (Lipinski definition) is 1. The number of halogens is 5. The van der Waals surface area contributed by atoms with E-state index in [2.05, 4.69) is 0 Å². The fourth-order valence-corrected chi connectivity index (χ4v) is 1.40. The maximum atomic E-state index is 13.4. The van der Waals surface area contributed by atoms with Crippen LogP contribution in [-0.2, 0) is 0 Å². The van der Waals surface area contributed by atoms with E-state index in [-0.39, 0.29) is 0 Å². The molecule has 1 N–H and O–H groups in total. The molecule has 0 aromatic heterocycles. The van der Waals surface area contributed by atoms with Crippen LogP contribution < -0.4 is 4.90 Å². The number of benzene rings is 1. The first kappa shape index (κ1) is 14.2. The minimum absolute atomic E-state index is 0.330. The van der Waals surface area contributed by atoms with Crippen molar-refractivity contribution in [2.24, 2.45) is 0 Å². The molecule has 1 aromatic carbocycles. The highest BCUT2D eigenvalue weighted by Crippen LogP contribution is 2.27. The third-order valence-corrected chi connectivity index (χ3v) is 2.06. The highest BCUT2D eigenvalue weighted by Gasteiger charge is 2.31. The first-order chi connectivity index (χ1) is 8.11. The Morgan fingerprint density at radius 3 is 2.06 bits per heavy atom. The van der Waals surface area contributed by atoms with Crippen LogP contribution in [0.5, 0.6) is 0 Å². The molecule has 18 heavy (non-hydrogen) atoms. The maximum absolute atomic E-state index is 13.4. The number of rotatable bonds is 3. The predicted octanol–water partition coefficient (Wildman–Crippen LogP) is 2.66. The summed E-state index contributed by atoms with van der Waals surface area (Å²) >= 11 is 0. The molecule has 0 unspecified atom stereocenters. The van der Waals surface area contributed by atoms with Gasteiger partial charge in [0.15, 0.2) is 0 Å². The third-order valence-electron chi connectivity index (χ3n) is 2.06. The molecule has 0 spiro atoms. The standard InChI is InChI=1S/C10H8F5NO2/c1-16(4-10(13,14)15)8-6(11)2-5(9(17)18)3-7(8)12/h2-3H,4H2,1H3,(H,17,18). The smallest absolute Gasteiger partial charge is 0.405 e. The van der Waals surface area contributed by atoms with E-state index in [1.807, 2.05) is 0 Å². The van der Waals surface area contributed by atoms with Gasteiger partial charge in [-0.25, -0.2) is 13.6 Å². The summed E-state index contributed by atoms with van der Waals surface area (Å²) in [6.07, 6.45) is -4.63. The lowest BCUT2D eigenvalue weighted by atomic mass is 10.1. The Labute approximate surface area is 98.4 Å². The number of anilines is 1. The first-order valence-corrected chi connectivity index (χ1v) is 4.62. The zero-order valence-corrected chi connectivity index (χ0v) is 9.05. The Morgan fingerprint density at radius 2 is 1.72 bits per heavy atom. The normalized spacial score (nSPS) is 11.4. The highest BCUT2D eigenvalue weighted by molar-refractivity contribution is 5.88. The van der Waals surface area contributed by atoms with Gasteiger partial charge in [-0.15, -0.1) is 0 Å². The summed E-state index contributed by atoms with van der Waals surface area (Å²) in [6, 6.07) is 0.932. The fraction of sp³-hybridized carbons (Fsp3) is 0.300. The fourth-order valence-electron chi connectivity index (χ4n) is 1.40. The van der Waals surface area contributed by atoms with Crippen LogP contribution in [0.3, 0.4) is 0 Å². The average molecular weight is 269 g/mol. The summed E-state index contributed by atoms with van der Waals surface area (Å²) < 4.78 is 63.0. The molecule has 100 valence electrons. The molecule has 0 radical (unpaired) electrons. The van der Waals surface area contributed by atoms with Gasteiger partial charge < -0.3 is 10.0 Å². The number of hydrogen-bond acceptors (Lipinski definition) is 2. The van der Waals surface area contributed by atoms with Crippen LogP contribution in [0.15, 0.2) is 12.1 Å². The van der Waals surface area contributed by atoms with E-state index >= 15 is 0 Å². The van der Waals surface area contributed by atoms with Gasteiger partial charge in [-0.1, -0.05) is 0 Å². The van der Waals surface area contributed by atoms with E-state index in [0.717, 1.165) is 7.05 Å². The van der Waals surface area contributed by atoms with Crippen LogP contribution in [0, 0.1) is 11.6 Å². The van der Waals surface area contributed by atoms with Crippen molar-refractivity contribution in [1.82, 2.24) is 0 Å². The number of nitrogens with zero attached hydrogens (tertiary/aromatic N) is 1. The van der Waals surface area contributed by atoms with Crippen LogP contribution in [0.25, 0.3) is 0 Å². The number of alkyl halides is 3. The van der Waals surface area contributed by atoms with Crippen molar-refractivity contribution in [1.29, 1.82) is 0 Å². The predicted molar refractivity (Wildman–Crippen MR) is 52.6 cm³/mol. The Morgan fingerprint density at radius 1 is 1.28 bits per heavy atom. The quantitative estimate of drug-likeness (QED) is 0.857. The molecule has 0 saturated heterocycles. The summed E-state index contributed by atoms with van der Waals surface area (Å²) in [5, 5.41) is 8.52. The number of carbonyl (C=O) groups is 1. The SMILES string of the molecule is CN(CC(F)(F)F)c1c(F)cc(C(=O)O)cc1F. The van der Waals surface area contributed by atoms with Crippen molar-refractivity contribution in [2.75, 3.05) is 18.5 Å². The van der Waals surface area contributed by atoms with Gasteiger partial charge in [0.05, 0.1) is 5.56 Å². The Kier molecular flexibility index (Phi) is 3.78. The van der Waals surface area contributed by atoms with Crippen molar-refractivity contribution in [3.63, 3.8) is 0 Å². The largest absolute Gasteiger partial charge is 0.478 e. The van der Waals surface area contributed by atoms with Gasteiger partial charge in [-0.3, -0.25) is 0 Å². The monoisotopic (exact) mass is 269 g/mol. The Hall–Kier alpha value is -1.86. The highest BCUT2D eigenvalue weighted by atomic mass is 19.4. The zero-order valence-electron chi connectivity index (χ0n) is 9.05. The minimum atomic E-state index is -4.63. The van der Waals surface area contributed by atoms with E-state index in [1.165, 1.54) is 0 Å². The molecule has 8 heteroatoms. The molecule has 0 saturated carbocycles. The second kappa shape index (κ2) is 4.79. The van der Waals surface area contributed by atoms with Gasteiger partial charge in [-0.2, -0.15) is 13.2 Å². The molecule has 0 aliphatic heterocycles. The second-order valence-electron chi connectivity index (χ2n) is 3.56. The molecule has 0 fully saturated rings. The molecule has 0 bridgehead atoms. The molecule has 0 heterocycles. The van der Waals surface area contributed by atoms with Crippen molar-refractivity contribution in [2.45, 2.75) is 6.18 Å². The maximum Gasteiger partial charge on any atom is 0.405 e. The Balaban J connectivity index is 3.14. The van der Waals surface area contributed by atoms with Gasteiger partial charge in [0.2, 0.25) is 0 Å². The summed E-state index contributed by atoms with van der Waals surface area (Å²) in [6.45, 7) is -1.55. The first-order valence-electron chi connectivity index (χ1n) is 4.62. The van der Waals surface area contributed by atoms with Gasteiger partial charge in [0, 0.05) is 7.05 Å². The van der Waals surface area contributed by atoms with E-state index in [4.69, 9.17) is 5.11 Å². The third kappa shape index (κ3) is 3.31. The second-order valence-corrected chi connectivity index (χ2v) is 3.56. The lowest BCUT2D eigenvalue weighted by molar-refractivity contribution is -0.119. The van der Waals surface area contributed by atoms with Crippen molar-refractivity contribution < 1.29 is 31.9 Å². The molecule has 0 amide bonds. The Bertz CT molecular complexity index is 449. The van der Waals surface area contributed by atoms with E-state index in [0.29, 0.717) is 17.0 Å². The summed E-state index contributed by atoms with van der Waals surface area (Å²) in [5.41, 5.74) is -1.59. The van der Waals surface area contributed by atoms with Crippen LogP contribution in [0.2, 0.25) is 0 Å². The number of carboxylic acid groups (broad SMARTS) is 1. The van der Waals surface area contributed by atoms with Gasteiger partial charge in [0.1, 0.15) is 23.9 Å².